The number of morpholine rings is 1. The number of hydrogen-bond donors (Lipinski definition) is 1. The molecule has 2 aromatic carbocycles. The summed E-state index contributed by atoms with van der Waals surface area (Å²) in [5.74, 6) is 0. The van der Waals surface area contributed by atoms with Crippen molar-refractivity contribution in [1.82, 2.24) is 14.7 Å². The van der Waals surface area contributed by atoms with Crippen LogP contribution in [0.2, 0.25) is 0 Å². The van der Waals surface area contributed by atoms with Crippen LogP contribution in [0.3, 0.4) is 0 Å². The Morgan fingerprint density at radius 1 is 1.11 bits per heavy atom. The minimum Gasteiger partial charge on any atom is -0.387 e. The molecule has 27 heavy (non-hydrogen) atoms. The topological polar surface area (TPSA) is 50.5 Å². The van der Waals surface area contributed by atoms with Crippen LogP contribution in [0.5, 0.6) is 0 Å². The maximum atomic E-state index is 10.6. The van der Waals surface area contributed by atoms with Gasteiger partial charge in [-0.15, -0.1) is 0 Å². The van der Waals surface area contributed by atoms with Gasteiger partial charge < -0.3 is 9.84 Å². The van der Waals surface area contributed by atoms with Crippen LogP contribution in [0, 0.1) is 6.92 Å². The minimum absolute atomic E-state index is 0.485. The molecule has 1 aromatic heterocycles. The Morgan fingerprint density at radius 2 is 1.89 bits per heavy atom. The van der Waals surface area contributed by atoms with Gasteiger partial charge in [0.05, 0.1) is 25.0 Å². The number of hydrogen-bond acceptors (Lipinski definition) is 4. The average Bonchev–Trinajstić information content (AvgIpc) is 3.24. The van der Waals surface area contributed by atoms with Gasteiger partial charge in [0.25, 0.3) is 0 Å². The predicted octanol–water partition coefficient (Wildman–Crippen LogP) is 3.21. The summed E-state index contributed by atoms with van der Waals surface area (Å²) >= 11 is 0. The second-order valence-electron chi connectivity index (χ2n) is 7.02. The summed E-state index contributed by atoms with van der Waals surface area (Å²) in [6, 6.07) is 16.5. The fourth-order valence-electron chi connectivity index (χ4n) is 3.51. The smallest absolute Gasteiger partial charge is 0.0916 e. The molecule has 0 saturated carbocycles. The summed E-state index contributed by atoms with van der Waals surface area (Å²) in [4.78, 5) is 2.25. The zero-order chi connectivity index (χ0) is 18.6. The number of aliphatic hydroxyl groups excluding tert-OH is 1. The molecule has 0 spiro atoms. The molecule has 0 radical (unpaired) electrons. The quantitative estimate of drug-likeness (QED) is 0.756. The highest BCUT2D eigenvalue weighted by Crippen LogP contribution is 2.29. The molecule has 5 heteroatoms. The van der Waals surface area contributed by atoms with Crippen molar-refractivity contribution >= 4 is 0 Å². The van der Waals surface area contributed by atoms with Crippen LogP contribution >= 0.6 is 0 Å². The molecule has 0 bridgehead atoms. The van der Waals surface area contributed by atoms with Crippen molar-refractivity contribution in [1.29, 1.82) is 0 Å². The second kappa shape index (κ2) is 8.05. The molecular formula is C22H25N3O2. The van der Waals surface area contributed by atoms with Crippen molar-refractivity contribution < 1.29 is 9.84 Å². The first-order valence-corrected chi connectivity index (χ1v) is 9.40. The third-order valence-corrected chi connectivity index (χ3v) is 5.05. The molecule has 1 fully saturated rings. The lowest BCUT2D eigenvalue weighted by Crippen LogP contribution is -2.38. The summed E-state index contributed by atoms with van der Waals surface area (Å²) in [5.41, 5.74) is 5.43. The summed E-state index contributed by atoms with van der Waals surface area (Å²) in [6.07, 6.45) is 3.26. The van der Waals surface area contributed by atoms with E-state index in [2.05, 4.69) is 47.3 Å². The van der Waals surface area contributed by atoms with E-state index in [1.807, 2.05) is 29.1 Å². The van der Waals surface area contributed by atoms with E-state index >= 15 is 0 Å². The van der Waals surface area contributed by atoms with E-state index in [1.54, 1.807) is 6.20 Å². The Balaban J connectivity index is 1.56. The zero-order valence-corrected chi connectivity index (χ0v) is 15.6. The van der Waals surface area contributed by atoms with E-state index in [4.69, 9.17) is 4.74 Å². The summed E-state index contributed by atoms with van der Waals surface area (Å²) in [7, 11) is 0. The molecule has 1 aliphatic heterocycles. The highest BCUT2D eigenvalue weighted by Gasteiger charge is 2.16. The zero-order valence-electron chi connectivity index (χ0n) is 15.6. The molecule has 4 rings (SSSR count). The Hall–Kier alpha value is -2.47. The largest absolute Gasteiger partial charge is 0.387 e. The minimum atomic E-state index is -0.485. The number of benzene rings is 2. The average molecular weight is 363 g/mol. The molecule has 1 saturated heterocycles. The van der Waals surface area contributed by atoms with Crippen molar-refractivity contribution in [3.63, 3.8) is 0 Å². The van der Waals surface area contributed by atoms with Crippen LogP contribution < -0.4 is 0 Å². The molecule has 5 nitrogen and oxygen atoms in total. The van der Waals surface area contributed by atoms with Gasteiger partial charge in [-0.1, -0.05) is 36.4 Å². The van der Waals surface area contributed by atoms with Crippen LogP contribution in [0.1, 0.15) is 17.2 Å². The van der Waals surface area contributed by atoms with Crippen LogP contribution in [-0.2, 0) is 4.74 Å². The molecule has 1 atom stereocenters. The van der Waals surface area contributed by atoms with E-state index in [-0.39, 0.29) is 0 Å². The Morgan fingerprint density at radius 3 is 2.59 bits per heavy atom. The van der Waals surface area contributed by atoms with Gasteiger partial charge in [0.1, 0.15) is 0 Å². The van der Waals surface area contributed by atoms with Crippen LogP contribution in [0.4, 0.5) is 0 Å². The molecule has 2 heterocycles. The molecule has 0 unspecified atom stereocenters. The van der Waals surface area contributed by atoms with E-state index in [0.29, 0.717) is 6.54 Å². The number of ether oxygens (including phenoxy) is 1. The Bertz CT molecular complexity index is 869. The number of aliphatic hydroxyl groups is 1. The molecule has 140 valence electrons. The molecule has 0 amide bonds. The first-order valence-electron chi connectivity index (χ1n) is 9.40. The third kappa shape index (κ3) is 4.11. The van der Waals surface area contributed by atoms with Gasteiger partial charge in [0.2, 0.25) is 0 Å². The van der Waals surface area contributed by atoms with E-state index in [9.17, 15) is 5.11 Å². The van der Waals surface area contributed by atoms with Crippen molar-refractivity contribution in [3.05, 3.63) is 72.1 Å². The number of nitrogens with zero attached hydrogens (tertiary/aromatic N) is 3. The monoisotopic (exact) mass is 363 g/mol. The first kappa shape index (κ1) is 17.9. The summed E-state index contributed by atoms with van der Waals surface area (Å²) in [6.45, 7) is 5.98. The fourth-order valence-corrected chi connectivity index (χ4v) is 3.51. The number of aromatic nitrogens is 2. The molecule has 1 N–H and O–H groups in total. The third-order valence-electron chi connectivity index (χ3n) is 5.05. The van der Waals surface area contributed by atoms with Gasteiger partial charge in [-0.05, 0) is 35.7 Å². The van der Waals surface area contributed by atoms with Crippen LogP contribution in [0.15, 0.2) is 60.9 Å². The lowest BCUT2D eigenvalue weighted by molar-refractivity contribution is 0.0143. The van der Waals surface area contributed by atoms with E-state index < -0.39 is 6.10 Å². The van der Waals surface area contributed by atoms with Crippen molar-refractivity contribution in [2.45, 2.75) is 13.0 Å². The van der Waals surface area contributed by atoms with Crippen molar-refractivity contribution in [3.8, 4) is 16.8 Å². The molecular weight excluding hydrogens is 338 g/mol. The van der Waals surface area contributed by atoms with E-state index in [0.717, 1.165) is 48.7 Å². The number of β-amino-alcohol motifs (C(OH)–C–C–N with tert-alkyl or cyclic N) is 1. The maximum Gasteiger partial charge on any atom is 0.0916 e. The lowest BCUT2D eigenvalue weighted by Gasteiger charge is -2.28. The number of aryl methyl sites for hydroxylation is 1. The van der Waals surface area contributed by atoms with Gasteiger partial charge in [-0.2, -0.15) is 5.10 Å². The van der Waals surface area contributed by atoms with Gasteiger partial charge in [-0.3, -0.25) is 4.90 Å². The standard InChI is InChI=1S/C22H25N3O2/c1-17-3-8-20(21(15-17)25-10-2-9-23-25)18-4-6-19(7-5-18)22(26)16-24-11-13-27-14-12-24/h2-10,15,22,26H,11-14,16H2,1H3/t22-/m0/s1. The van der Waals surface area contributed by atoms with E-state index in [1.165, 1.54) is 5.56 Å². The summed E-state index contributed by atoms with van der Waals surface area (Å²) < 4.78 is 7.26. The van der Waals surface area contributed by atoms with Crippen molar-refractivity contribution in [2.24, 2.45) is 0 Å². The Kier molecular flexibility index (Phi) is 5.34. The maximum absolute atomic E-state index is 10.6. The van der Waals surface area contributed by atoms with Gasteiger partial charge in [-0.25, -0.2) is 4.68 Å². The molecule has 0 aliphatic carbocycles. The normalized spacial score (nSPS) is 16.4. The van der Waals surface area contributed by atoms with Gasteiger partial charge in [0, 0.05) is 37.6 Å². The molecule has 1 aliphatic rings. The fraction of sp³-hybridized carbons (Fsp3) is 0.318. The van der Waals surface area contributed by atoms with Crippen LogP contribution in [-0.4, -0.2) is 52.6 Å². The van der Waals surface area contributed by atoms with Crippen LogP contribution in [0.25, 0.3) is 16.8 Å². The van der Waals surface area contributed by atoms with Gasteiger partial charge in [0.15, 0.2) is 0 Å². The Labute approximate surface area is 159 Å². The van der Waals surface area contributed by atoms with Crippen molar-refractivity contribution in [2.75, 3.05) is 32.8 Å². The molecule has 3 aromatic rings. The first-order chi connectivity index (χ1) is 13.2. The van der Waals surface area contributed by atoms with Gasteiger partial charge >= 0.3 is 0 Å². The highest BCUT2D eigenvalue weighted by molar-refractivity contribution is 5.73. The SMILES string of the molecule is Cc1ccc(-c2ccc([C@@H](O)CN3CCOCC3)cc2)c(-n2cccn2)c1. The lowest BCUT2D eigenvalue weighted by atomic mass is 9.99. The second-order valence-corrected chi connectivity index (χ2v) is 7.02. The highest BCUT2D eigenvalue weighted by atomic mass is 16.5. The number of rotatable bonds is 5. The predicted molar refractivity (Wildman–Crippen MR) is 106 cm³/mol. The summed E-state index contributed by atoms with van der Waals surface area (Å²) in [5, 5.41) is 15.0.